The number of hydrogen-bond donors (Lipinski definition) is 1. The van der Waals surface area contributed by atoms with Crippen LogP contribution in [0, 0.1) is 11.6 Å². The van der Waals surface area contributed by atoms with Gasteiger partial charge in [0.2, 0.25) is 5.95 Å². The molecule has 0 fully saturated rings. The van der Waals surface area contributed by atoms with E-state index in [9.17, 15) is 8.78 Å². The number of anilines is 1. The molecule has 1 N–H and O–H groups in total. The minimum atomic E-state index is -0.606. The molecule has 0 saturated heterocycles. The molecular weight excluding hydrogens is 260 g/mol. The summed E-state index contributed by atoms with van der Waals surface area (Å²) < 4.78 is 26.6. The summed E-state index contributed by atoms with van der Waals surface area (Å²) in [6, 6.07) is 3.71. The standard InChI is InChI=1S/C12H10ClF2N3/c1-2-16-12-17-6-10(15)11(18-12)8-4-3-7(14)5-9(8)13/h3-6H,2H2,1H3,(H,16,17,18). The zero-order valence-electron chi connectivity index (χ0n) is 9.54. The molecule has 2 aromatic rings. The normalized spacial score (nSPS) is 10.4. The quantitative estimate of drug-likeness (QED) is 0.927. The van der Waals surface area contributed by atoms with Gasteiger partial charge in [0.1, 0.15) is 11.5 Å². The van der Waals surface area contributed by atoms with E-state index in [4.69, 9.17) is 11.6 Å². The summed E-state index contributed by atoms with van der Waals surface area (Å²) in [7, 11) is 0. The molecule has 94 valence electrons. The van der Waals surface area contributed by atoms with E-state index in [-0.39, 0.29) is 10.7 Å². The van der Waals surface area contributed by atoms with Crippen molar-refractivity contribution in [3.8, 4) is 11.3 Å². The van der Waals surface area contributed by atoms with E-state index in [1.54, 1.807) is 0 Å². The van der Waals surface area contributed by atoms with E-state index in [1.165, 1.54) is 12.1 Å². The average Bonchev–Trinajstić information content (AvgIpc) is 2.33. The van der Waals surface area contributed by atoms with E-state index in [0.29, 0.717) is 18.1 Å². The molecular formula is C12H10ClF2N3. The highest BCUT2D eigenvalue weighted by atomic mass is 35.5. The van der Waals surface area contributed by atoms with Crippen molar-refractivity contribution in [1.82, 2.24) is 9.97 Å². The van der Waals surface area contributed by atoms with Crippen molar-refractivity contribution in [2.24, 2.45) is 0 Å². The van der Waals surface area contributed by atoms with Crippen LogP contribution in [0.2, 0.25) is 5.02 Å². The van der Waals surface area contributed by atoms with E-state index < -0.39 is 11.6 Å². The predicted molar refractivity (Wildman–Crippen MR) is 66.6 cm³/mol. The third-order valence-corrected chi connectivity index (χ3v) is 2.58. The Morgan fingerprint density at radius 2 is 2.11 bits per heavy atom. The van der Waals surface area contributed by atoms with E-state index in [2.05, 4.69) is 15.3 Å². The van der Waals surface area contributed by atoms with Gasteiger partial charge < -0.3 is 5.32 Å². The molecule has 6 heteroatoms. The molecule has 0 aliphatic heterocycles. The van der Waals surface area contributed by atoms with Crippen LogP contribution in [0.15, 0.2) is 24.4 Å². The van der Waals surface area contributed by atoms with Gasteiger partial charge in [0.05, 0.1) is 11.2 Å². The van der Waals surface area contributed by atoms with Crippen molar-refractivity contribution < 1.29 is 8.78 Å². The summed E-state index contributed by atoms with van der Waals surface area (Å²) in [5.41, 5.74) is 0.378. The zero-order chi connectivity index (χ0) is 13.1. The van der Waals surface area contributed by atoms with Crippen molar-refractivity contribution >= 4 is 17.5 Å². The van der Waals surface area contributed by atoms with Crippen LogP contribution in [-0.2, 0) is 0 Å². The molecule has 0 radical (unpaired) electrons. The summed E-state index contributed by atoms with van der Waals surface area (Å²) in [6.45, 7) is 2.49. The molecule has 0 aliphatic rings. The lowest BCUT2D eigenvalue weighted by atomic mass is 10.1. The van der Waals surface area contributed by atoms with Gasteiger partial charge in [-0.3, -0.25) is 0 Å². The van der Waals surface area contributed by atoms with Crippen LogP contribution >= 0.6 is 11.6 Å². The molecule has 0 saturated carbocycles. The molecule has 1 heterocycles. The Labute approximate surface area is 108 Å². The molecule has 0 amide bonds. The van der Waals surface area contributed by atoms with Gasteiger partial charge in [-0.25, -0.2) is 18.7 Å². The maximum Gasteiger partial charge on any atom is 0.223 e. The first-order chi connectivity index (χ1) is 8.61. The minimum Gasteiger partial charge on any atom is -0.354 e. The summed E-state index contributed by atoms with van der Waals surface area (Å²) in [6.07, 6.45) is 1.06. The van der Waals surface area contributed by atoms with Crippen molar-refractivity contribution in [1.29, 1.82) is 0 Å². The molecule has 0 aliphatic carbocycles. The molecule has 2 rings (SSSR count). The summed E-state index contributed by atoms with van der Waals surface area (Å²) >= 11 is 5.88. The summed E-state index contributed by atoms with van der Waals surface area (Å²) in [4.78, 5) is 7.81. The van der Waals surface area contributed by atoms with Crippen LogP contribution in [-0.4, -0.2) is 16.5 Å². The lowest BCUT2D eigenvalue weighted by molar-refractivity contribution is 0.617. The Morgan fingerprint density at radius 1 is 1.33 bits per heavy atom. The first-order valence-corrected chi connectivity index (χ1v) is 5.71. The Bertz CT molecular complexity index is 575. The Hall–Kier alpha value is -1.75. The molecule has 0 spiro atoms. The topological polar surface area (TPSA) is 37.8 Å². The predicted octanol–water partition coefficient (Wildman–Crippen LogP) is 3.51. The molecule has 1 aromatic heterocycles. The van der Waals surface area contributed by atoms with Gasteiger partial charge in [-0.05, 0) is 25.1 Å². The number of rotatable bonds is 3. The van der Waals surface area contributed by atoms with Gasteiger partial charge in [-0.1, -0.05) is 11.6 Å². The van der Waals surface area contributed by atoms with Crippen molar-refractivity contribution in [3.63, 3.8) is 0 Å². The smallest absolute Gasteiger partial charge is 0.223 e. The lowest BCUT2D eigenvalue weighted by Crippen LogP contribution is -2.04. The second kappa shape index (κ2) is 5.27. The molecule has 0 bridgehead atoms. The minimum absolute atomic E-state index is 0.0472. The summed E-state index contributed by atoms with van der Waals surface area (Å²) in [5.74, 6) is -0.787. The van der Waals surface area contributed by atoms with Crippen molar-refractivity contribution in [2.45, 2.75) is 6.92 Å². The number of aromatic nitrogens is 2. The third-order valence-electron chi connectivity index (χ3n) is 2.27. The SMILES string of the molecule is CCNc1ncc(F)c(-c2ccc(F)cc2Cl)n1. The van der Waals surface area contributed by atoms with Crippen molar-refractivity contribution in [2.75, 3.05) is 11.9 Å². The first-order valence-electron chi connectivity index (χ1n) is 5.33. The highest BCUT2D eigenvalue weighted by molar-refractivity contribution is 6.33. The van der Waals surface area contributed by atoms with Crippen LogP contribution < -0.4 is 5.32 Å². The second-order valence-corrected chi connectivity index (χ2v) is 3.95. The fourth-order valence-electron chi connectivity index (χ4n) is 1.48. The molecule has 18 heavy (non-hydrogen) atoms. The number of benzene rings is 1. The monoisotopic (exact) mass is 269 g/mol. The van der Waals surface area contributed by atoms with Crippen LogP contribution in [0.4, 0.5) is 14.7 Å². The van der Waals surface area contributed by atoms with Crippen LogP contribution in [0.3, 0.4) is 0 Å². The van der Waals surface area contributed by atoms with Crippen LogP contribution in [0.25, 0.3) is 11.3 Å². The Kier molecular flexibility index (Phi) is 3.72. The van der Waals surface area contributed by atoms with E-state index >= 15 is 0 Å². The van der Waals surface area contributed by atoms with Crippen LogP contribution in [0.5, 0.6) is 0 Å². The molecule has 0 atom stereocenters. The van der Waals surface area contributed by atoms with E-state index in [1.807, 2.05) is 6.92 Å². The maximum atomic E-state index is 13.7. The van der Waals surface area contributed by atoms with Gasteiger partial charge in [-0.15, -0.1) is 0 Å². The number of nitrogens with one attached hydrogen (secondary N) is 1. The lowest BCUT2D eigenvalue weighted by Gasteiger charge is -2.07. The van der Waals surface area contributed by atoms with E-state index in [0.717, 1.165) is 12.3 Å². The second-order valence-electron chi connectivity index (χ2n) is 3.54. The molecule has 3 nitrogen and oxygen atoms in total. The Balaban J connectivity index is 2.51. The zero-order valence-corrected chi connectivity index (χ0v) is 10.3. The third kappa shape index (κ3) is 2.56. The average molecular weight is 270 g/mol. The molecule has 0 unspecified atom stereocenters. The van der Waals surface area contributed by atoms with Gasteiger partial charge >= 0.3 is 0 Å². The van der Waals surface area contributed by atoms with Crippen molar-refractivity contribution in [3.05, 3.63) is 41.1 Å². The molecule has 1 aromatic carbocycles. The highest BCUT2D eigenvalue weighted by Gasteiger charge is 2.13. The maximum absolute atomic E-state index is 13.7. The fraction of sp³-hybridized carbons (Fsp3) is 0.167. The number of halogens is 3. The number of nitrogens with zero attached hydrogens (tertiary/aromatic N) is 2. The largest absolute Gasteiger partial charge is 0.354 e. The number of hydrogen-bond acceptors (Lipinski definition) is 3. The summed E-state index contributed by atoms with van der Waals surface area (Å²) in [5, 5.41) is 2.98. The van der Waals surface area contributed by atoms with Gasteiger partial charge in [0.25, 0.3) is 0 Å². The highest BCUT2D eigenvalue weighted by Crippen LogP contribution is 2.29. The Morgan fingerprint density at radius 3 is 2.78 bits per heavy atom. The van der Waals surface area contributed by atoms with Crippen LogP contribution in [0.1, 0.15) is 6.92 Å². The fourth-order valence-corrected chi connectivity index (χ4v) is 1.74. The van der Waals surface area contributed by atoms with Gasteiger partial charge in [0.15, 0.2) is 5.82 Å². The first kappa shape index (κ1) is 12.7. The van der Waals surface area contributed by atoms with Gasteiger partial charge in [0, 0.05) is 12.1 Å². The van der Waals surface area contributed by atoms with Gasteiger partial charge in [-0.2, -0.15) is 0 Å².